The minimum absolute atomic E-state index is 0.108. The SMILES string of the molecule is NNC(=O)CCCC(=O)NNC(=O)OC1/C=C/CCCCC1. The monoisotopic (exact) mass is 312 g/mol. The van der Waals surface area contributed by atoms with E-state index >= 15 is 0 Å². The second kappa shape index (κ2) is 10.6. The summed E-state index contributed by atoms with van der Waals surface area (Å²) >= 11 is 0. The van der Waals surface area contributed by atoms with Gasteiger partial charge in [-0.2, -0.15) is 0 Å². The quantitative estimate of drug-likeness (QED) is 0.259. The number of hydrazine groups is 2. The van der Waals surface area contributed by atoms with Crippen molar-refractivity contribution in [2.24, 2.45) is 5.84 Å². The topological polar surface area (TPSA) is 123 Å². The summed E-state index contributed by atoms with van der Waals surface area (Å²) in [4.78, 5) is 33.9. The molecule has 0 aliphatic heterocycles. The minimum atomic E-state index is -0.691. The molecule has 1 unspecified atom stereocenters. The van der Waals surface area contributed by atoms with Gasteiger partial charge < -0.3 is 4.74 Å². The predicted molar refractivity (Wildman–Crippen MR) is 80.0 cm³/mol. The average Bonchev–Trinajstić information content (AvgIpc) is 2.47. The summed E-state index contributed by atoms with van der Waals surface area (Å²) < 4.78 is 5.21. The van der Waals surface area contributed by atoms with Gasteiger partial charge >= 0.3 is 6.09 Å². The van der Waals surface area contributed by atoms with Crippen molar-refractivity contribution >= 4 is 17.9 Å². The van der Waals surface area contributed by atoms with Crippen LogP contribution >= 0.6 is 0 Å². The van der Waals surface area contributed by atoms with Crippen molar-refractivity contribution in [2.45, 2.75) is 57.5 Å². The molecule has 5 N–H and O–H groups in total. The maximum atomic E-state index is 11.6. The number of ether oxygens (including phenoxy) is 1. The molecule has 0 saturated heterocycles. The number of carbonyl (C=O) groups is 3. The third kappa shape index (κ3) is 8.25. The lowest BCUT2D eigenvalue weighted by atomic mass is 10.0. The van der Waals surface area contributed by atoms with Crippen molar-refractivity contribution in [1.29, 1.82) is 0 Å². The Kier molecular flexibility index (Phi) is 8.66. The first-order chi connectivity index (χ1) is 10.6. The molecule has 1 aliphatic carbocycles. The van der Waals surface area contributed by atoms with Crippen LogP contribution in [0.1, 0.15) is 51.4 Å². The third-order valence-electron chi connectivity index (χ3n) is 3.24. The van der Waals surface area contributed by atoms with E-state index < -0.39 is 12.0 Å². The summed E-state index contributed by atoms with van der Waals surface area (Å²) in [6, 6.07) is 0. The van der Waals surface area contributed by atoms with Crippen LogP contribution in [-0.2, 0) is 14.3 Å². The lowest BCUT2D eigenvalue weighted by Crippen LogP contribution is -2.43. The largest absolute Gasteiger partial charge is 0.441 e. The van der Waals surface area contributed by atoms with E-state index in [2.05, 4.69) is 10.9 Å². The standard InChI is InChI=1S/C14H24N4O4/c15-16-12(19)9-6-10-13(20)17-18-14(21)22-11-7-4-2-1-3-5-8-11/h4,7,11H,1-3,5-6,8-10,15H2,(H,16,19)(H,17,20)(H,18,21)/b7-4+. The molecule has 3 amide bonds. The molecular weight excluding hydrogens is 288 g/mol. The van der Waals surface area contributed by atoms with Gasteiger partial charge in [0.25, 0.3) is 0 Å². The highest BCUT2D eigenvalue weighted by Crippen LogP contribution is 2.14. The number of amides is 3. The molecule has 0 saturated carbocycles. The van der Waals surface area contributed by atoms with Crippen LogP contribution in [0.4, 0.5) is 4.79 Å². The number of carbonyl (C=O) groups excluding carboxylic acids is 3. The zero-order chi connectivity index (χ0) is 16.2. The summed E-state index contributed by atoms with van der Waals surface area (Å²) in [5, 5.41) is 0. The molecule has 0 radical (unpaired) electrons. The van der Waals surface area contributed by atoms with E-state index in [9.17, 15) is 14.4 Å². The molecule has 0 spiro atoms. The summed E-state index contributed by atoms with van der Waals surface area (Å²) in [5.74, 6) is 4.19. The molecule has 0 fully saturated rings. The second-order valence-electron chi connectivity index (χ2n) is 5.10. The first-order valence-electron chi connectivity index (χ1n) is 7.53. The maximum absolute atomic E-state index is 11.6. The van der Waals surface area contributed by atoms with Gasteiger partial charge in [-0.05, 0) is 38.2 Å². The Morgan fingerprint density at radius 3 is 2.64 bits per heavy atom. The summed E-state index contributed by atoms with van der Waals surface area (Å²) in [6.07, 6.45) is 8.62. The average molecular weight is 312 g/mol. The van der Waals surface area contributed by atoms with Crippen LogP contribution in [0.5, 0.6) is 0 Å². The highest BCUT2D eigenvalue weighted by molar-refractivity contribution is 5.80. The summed E-state index contributed by atoms with van der Waals surface area (Å²) in [5.41, 5.74) is 6.42. The first kappa shape index (κ1) is 18.0. The smallest absolute Gasteiger partial charge is 0.426 e. The van der Waals surface area contributed by atoms with Gasteiger partial charge in [0, 0.05) is 12.8 Å². The van der Waals surface area contributed by atoms with Crippen molar-refractivity contribution < 1.29 is 19.1 Å². The van der Waals surface area contributed by atoms with Crippen molar-refractivity contribution in [3.05, 3.63) is 12.2 Å². The predicted octanol–water partition coefficient (Wildman–Crippen LogP) is 0.793. The van der Waals surface area contributed by atoms with Crippen molar-refractivity contribution in [2.75, 3.05) is 0 Å². The Hall–Kier alpha value is -2.09. The van der Waals surface area contributed by atoms with Gasteiger partial charge in [0.1, 0.15) is 6.10 Å². The number of rotatable bonds is 5. The molecule has 0 heterocycles. The third-order valence-corrected chi connectivity index (χ3v) is 3.24. The molecule has 124 valence electrons. The van der Waals surface area contributed by atoms with Crippen LogP contribution in [0.3, 0.4) is 0 Å². The summed E-state index contributed by atoms with van der Waals surface area (Å²) in [7, 11) is 0. The molecule has 1 atom stereocenters. The Morgan fingerprint density at radius 1 is 1.09 bits per heavy atom. The number of hydrogen-bond acceptors (Lipinski definition) is 5. The van der Waals surface area contributed by atoms with E-state index in [1.165, 1.54) is 0 Å². The van der Waals surface area contributed by atoms with E-state index in [4.69, 9.17) is 10.6 Å². The van der Waals surface area contributed by atoms with Gasteiger partial charge in [0.15, 0.2) is 0 Å². The Morgan fingerprint density at radius 2 is 1.86 bits per heavy atom. The van der Waals surface area contributed by atoms with Crippen LogP contribution in [0.25, 0.3) is 0 Å². The van der Waals surface area contributed by atoms with E-state index in [0.29, 0.717) is 6.42 Å². The van der Waals surface area contributed by atoms with Crippen molar-refractivity contribution in [1.82, 2.24) is 16.3 Å². The van der Waals surface area contributed by atoms with Gasteiger partial charge in [0.05, 0.1) is 0 Å². The molecule has 0 bridgehead atoms. The normalized spacial score (nSPS) is 19.2. The van der Waals surface area contributed by atoms with Crippen molar-refractivity contribution in [3.63, 3.8) is 0 Å². The van der Waals surface area contributed by atoms with Crippen LogP contribution in [0.15, 0.2) is 12.2 Å². The number of nitrogens with one attached hydrogen (secondary N) is 3. The maximum Gasteiger partial charge on any atom is 0.426 e. The van der Waals surface area contributed by atoms with E-state index in [1.54, 1.807) is 0 Å². The fourth-order valence-corrected chi connectivity index (χ4v) is 2.06. The zero-order valence-electron chi connectivity index (χ0n) is 12.6. The zero-order valence-corrected chi connectivity index (χ0v) is 12.6. The lowest BCUT2D eigenvalue weighted by Gasteiger charge is -2.16. The molecule has 1 aliphatic rings. The van der Waals surface area contributed by atoms with Crippen LogP contribution in [-0.4, -0.2) is 24.0 Å². The molecular formula is C14H24N4O4. The van der Waals surface area contributed by atoms with E-state index in [1.807, 2.05) is 17.6 Å². The van der Waals surface area contributed by atoms with Crippen LogP contribution in [0, 0.1) is 0 Å². The fourth-order valence-electron chi connectivity index (χ4n) is 2.06. The van der Waals surface area contributed by atoms with Gasteiger partial charge in [-0.15, -0.1) is 0 Å². The van der Waals surface area contributed by atoms with Gasteiger partial charge in [0.2, 0.25) is 11.8 Å². The molecule has 0 aromatic heterocycles. The number of hydrogen-bond donors (Lipinski definition) is 4. The van der Waals surface area contributed by atoms with Gasteiger partial charge in [-0.1, -0.05) is 12.5 Å². The lowest BCUT2D eigenvalue weighted by molar-refractivity contribution is -0.123. The van der Waals surface area contributed by atoms with Gasteiger partial charge in [-0.3, -0.25) is 20.4 Å². The molecule has 8 heteroatoms. The minimum Gasteiger partial charge on any atom is -0.441 e. The molecule has 1 rings (SSSR count). The van der Waals surface area contributed by atoms with Gasteiger partial charge in [-0.25, -0.2) is 16.1 Å². The molecule has 0 aromatic rings. The molecule has 22 heavy (non-hydrogen) atoms. The Labute approximate surface area is 129 Å². The summed E-state index contributed by atoms with van der Waals surface area (Å²) in [6.45, 7) is 0. The van der Waals surface area contributed by atoms with Crippen LogP contribution in [0.2, 0.25) is 0 Å². The Balaban J connectivity index is 2.17. The fraction of sp³-hybridized carbons (Fsp3) is 0.643. The second-order valence-corrected chi connectivity index (χ2v) is 5.10. The van der Waals surface area contributed by atoms with Crippen molar-refractivity contribution in [3.8, 4) is 0 Å². The highest BCUT2D eigenvalue weighted by Gasteiger charge is 2.13. The number of allylic oxidation sites excluding steroid dienone is 1. The van der Waals surface area contributed by atoms with E-state index in [0.717, 1.165) is 32.1 Å². The van der Waals surface area contributed by atoms with E-state index in [-0.39, 0.29) is 24.9 Å². The first-order valence-corrected chi connectivity index (χ1v) is 7.53. The van der Waals surface area contributed by atoms with Crippen LogP contribution < -0.4 is 22.1 Å². The number of nitrogens with two attached hydrogens (primary N) is 1. The molecule has 8 nitrogen and oxygen atoms in total. The molecule has 0 aromatic carbocycles. The Bertz CT molecular complexity index is 412. The highest BCUT2D eigenvalue weighted by atomic mass is 16.6.